The third-order valence-electron chi connectivity index (χ3n) is 2.23. The van der Waals surface area contributed by atoms with E-state index < -0.39 is 5.97 Å². The highest BCUT2D eigenvalue weighted by molar-refractivity contribution is 9.10. The first-order valence-corrected chi connectivity index (χ1v) is 6.40. The predicted octanol–water partition coefficient (Wildman–Crippen LogP) is 3.24. The minimum Gasteiger partial charge on any atom is -0.478 e. The van der Waals surface area contributed by atoms with Crippen molar-refractivity contribution in [3.8, 4) is 0 Å². The normalized spacial score (nSPS) is 9.63. The van der Waals surface area contributed by atoms with Crippen LogP contribution in [0.25, 0.3) is 0 Å². The van der Waals surface area contributed by atoms with Crippen LogP contribution in [0.3, 0.4) is 0 Å². The van der Waals surface area contributed by atoms with Gasteiger partial charge in [0, 0.05) is 16.7 Å². The number of carbonyl (C=O) groups is 2. The Labute approximate surface area is 119 Å². The average Bonchev–Trinajstić information content (AvgIpc) is 2.30. The van der Waals surface area contributed by atoms with Gasteiger partial charge in [0.25, 0.3) is 0 Å². The van der Waals surface area contributed by atoms with E-state index in [1.54, 1.807) is 12.1 Å². The number of carbonyl (C=O) groups excluding carboxylic acids is 1. The van der Waals surface area contributed by atoms with Crippen LogP contribution in [0.5, 0.6) is 0 Å². The summed E-state index contributed by atoms with van der Waals surface area (Å²) in [5, 5.41) is 14.2. The van der Waals surface area contributed by atoms with Crippen molar-refractivity contribution in [1.82, 2.24) is 5.32 Å². The molecular weight excluding hydrogens is 312 g/mol. The SMILES string of the molecule is CC(C)=CCNC(=O)Nc1ccc(Br)c(C(=O)O)c1. The molecule has 0 aliphatic heterocycles. The Morgan fingerprint density at radius 2 is 2.05 bits per heavy atom. The Balaban J connectivity index is 2.67. The fourth-order valence-corrected chi connectivity index (χ4v) is 1.71. The second-order valence-corrected chi connectivity index (χ2v) is 4.97. The third-order valence-corrected chi connectivity index (χ3v) is 2.92. The van der Waals surface area contributed by atoms with Gasteiger partial charge in [-0.25, -0.2) is 9.59 Å². The molecule has 1 rings (SSSR count). The molecule has 0 saturated heterocycles. The molecule has 0 fully saturated rings. The molecule has 1 aromatic rings. The maximum atomic E-state index is 11.5. The van der Waals surface area contributed by atoms with Gasteiger partial charge in [0.2, 0.25) is 0 Å². The lowest BCUT2D eigenvalue weighted by Gasteiger charge is -2.08. The summed E-state index contributed by atoms with van der Waals surface area (Å²) < 4.78 is 0.468. The summed E-state index contributed by atoms with van der Waals surface area (Å²) in [5.74, 6) is -1.06. The van der Waals surface area contributed by atoms with E-state index in [0.717, 1.165) is 5.57 Å². The molecule has 19 heavy (non-hydrogen) atoms. The Hall–Kier alpha value is -1.82. The van der Waals surface area contributed by atoms with Crippen LogP contribution in [0.4, 0.5) is 10.5 Å². The summed E-state index contributed by atoms with van der Waals surface area (Å²) in [4.78, 5) is 22.5. The van der Waals surface area contributed by atoms with Crippen molar-refractivity contribution in [2.24, 2.45) is 0 Å². The molecule has 0 aromatic heterocycles. The van der Waals surface area contributed by atoms with E-state index in [9.17, 15) is 9.59 Å². The van der Waals surface area contributed by atoms with Gasteiger partial charge in [0.1, 0.15) is 0 Å². The first kappa shape index (κ1) is 15.2. The van der Waals surface area contributed by atoms with Crippen LogP contribution >= 0.6 is 15.9 Å². The van der Waals surface area contributed by atoms with Gasteiger partial charge in [-0.2, -0.15) is 0 Å². The number of halogens is 1. The number of allylic oxidation sites excluding steroid dienone is 1. The molecule has 1 aromatic carbocycles. The summed E-state index contributed by atoms with van der Waals surface area (Å²) in [7, 11) is 0. The lowest BCUT2D eigenvalue weighted by molar-refractivity contribution is 0.0696. The number of aromatic carboxylic acids is 1. The summed E-state index contributed by atoms with van der Waals surface area (Å²) in [6, 6.07) is 4.22. The zero-order valence-corrected chi connectivity index (χ0v) is 12.2. The molecule has 102 valence electrons. The van der Waals surface area contributed by atoms with Crippen LogP contribution in [-0.4, -0.2) is 23.7 Å². The van der Waals surface area contributed by atoms with Gasteiger partial charge in [-0.05, 0) is 48.0 Å². The molecule has 0 atom stereocenters. The second-order valence-electron chi connectivity index (χ2n) is 4.12. The molecule has 0 unspecified atom stereocenters. The Bertz CT molecular complexity index is 523. The number of benzene rings is 1. The standard InChI is InChI=1S/C13H15BrN2O3/c1-8(2)5-6-15-13(19)16-9-3-4-11(14)10(7-9)12(17)18/h3-5,7H,6H2,1-2H3,(H,17,18)(H2,15,16,19). The van der Waals surface area contributed by atoms with Crippen molar-refractivity contribution in [3.05, 3.63) is 39.9 Å². The third kappa shape index (κ3) is 5.13. The molecule has 0 aliphatic rings. The topological polar surface area (TPSA) is 78.4 Å². The summed E-state index contributed by atoms with van der Waals surface area (Å²) in [5.41, 5.74) is 1.63. The molecule has 0 heterocycles. The first-order chi connectivity index (χ1) is 8.90. The smallest absolute Gasteiger partial charge is 0.336 e. The highest BCUT2D eigenvalue weighted by Crippen LogP contribution is 2.21. The van der Waals surface area contributed by atoms with Crippen molar-refractivity contribution in [2.45, 2.75) is 13.8 Å². The zero-order valence-electron chi connectivity index (χ0n) is 10.7. The number of nitrogens with one attached hydrogen (secondary N) is 2. The number of hydrogen-bond donors (Lipinski definition) is 3. The lowest BCUT2D eigenvalue weighted by atomic mass is 10.2. The molecule has 2 amide bonds. The molecule has 5 nitrogen and oxygen atoms in total. The van der Waals surface area contributed by atoms with Crippen LogP contribution in [0.2, 0.25) is 0 Å². The average molecular weight is 327 g/mol. The largest absolute Gasteiger partial charge is 0.478 e. The number of anilines is 1. The minimum atomic E-state index is -1.06. The van der Waals surface area contributed by atoms with E-state index in [1.807, 2.05) is 19.9 Å². The van der Waals surface area contributed by atoms with E-state index in [0.29, 0.717) is 16.7 Å². The Morgan fingerprint density at radius 1 is 1.37 bits per heavy atom. The van der Waals surface area contributed by atoms with E-state index in [4.69, 9.17) is 5.11 Å². The lowest BCUT2D eigenvalue weighted by Crippen LogP contribution is -2.28. The van der Waals surface area contributed by atoms with Crippen LogP contribution in [0.15, 0.2) is 34.3 Å². The van der Waals surface area contributed by atoms with E-state index in [2.05, 4.69) is 26.6 Å². The van der Waals surface area contributed by atoms with Crippen molar-refractivity contribution < 1.29 is 14.7 Å². The van der Waals surface area contributed by atoms with Gasteiger partial charge < -0.3 is 15.7 Å². The van der Waals surface area contributed by atoms with Crippen LogP contribution in [0, 0.1) is 0 Å². The number of carboxylic acids is 1. The number of hydrogen-bond acceptors (Lipinski definition) is 2. The van der Waals surface area contributed by atoms with E-state index >= 15 is 0 Å². The number of carboxylic acid groups (broad SMARTS) is 1. The molecule has 0 saturated carbocycles. The van der Waals surface area contributed by atoms with Gasteiger partial charge in [-0.1, -0.05) is 11.6 Å². The Kier molecular flexibility index (Phi) is 5.57. The molecular formula is C13H15BrN2O3. The van der Waals surface area contributed by atoms with Gasteiger partial charge >= 0.3 is 12.0 Å². The van der Waals surface area contributed by atoms with Crippen LogP contribution in [0.1, 0.15) is 24.2 Å². The zero-order chi connectivity index (χ0) is 14.4. The quantitative estimate of drug-likeness (QED) is 0.743. The number of amides is 2. The van der Waals surface area contributed by atoms with Crippen LogP contribution in [-0.2, 0) is 0 Å². The molecule has 0 bridgehead atoms. The fourth-order valence-electron chi connectivity index (χ4n) is 1.29. The maximum absolute atomic E-state index is 11.5. The van der Waals surface area contributed by atoms with Gasteiger partial charge in [-0.15, -0.1) is 0 Å². The molecule has 0 radical (unpaired) electrons. The molecule has 3 N–H and O–H groups in total. The fraction of sp³-hybridized carbons (Fsp3) is 0.231. The van der Waals surface area contributed by atoms with Crippen molar-refractivity contribution in [3.63, 3.8) is 0 Å². The summed E-state index contributed by atoms with van der Waals surface area (Å²) in [6.07, 6.45) is 1.88. The summed E-state index contributed by atoms with van der Waals surface area (Å²) in [6.45, 7) is 4.30. The number of rotatable bonds is 4. The van der Waals surface area contributed by atoms with Crippen molar-refractivity contribution in [1.29, 1.82) is 0 Å². The van der Waals surface area contributed by atoms with Gasteiger partial charge in [0.05, 0.1) is 5.56 Å². The van der Waals surface area contributed by atoms with Gasteiger partial charge in [0.15, 0.2) is 0 Å². The Morgan fingerprint density at radius 3 is 2.63 bits per heavy atom. The highest BCUT2D eigenvalue weighted by atomic mass is 79.9. The monoisotopic (exact) mass is 326 g/mol. The van der Waals surface area contributed by atoms with E-state index in [-0.39, 0.29) is 11.6 Å². The van der Waals surface area contributed by atoms with Crippen molar-refractivity contribution >= 4 is 33.6 Å². The van der Waals surface area contributed by atoms with Gasteiger partial charge in [-0.3, -0.25) is 0 Å². The molecule has 0 aliphatic carbocycles. The van der Waals surface area contributed by atoms with E-state index in [1.165, 1.54) is 6.07 Å². The molecule has 6 heteroatoms. The molecule has 0 spiro atoms. The highest BCUT2D eigenvalue weighted by Gasteiger charge is 2.10. The van der Waals surface area contributed by atoms with Crippen molar-refractivity contribution in [2.75, 3.05) is 11.9 Å². The number of urea groups is 1. The first-order valence-electron chi connectivity index (χ1n) is 5.61. The predicted molar refractivity (Wildman–Crippen MR) is 77.6 cm³/mol. The maximum Gasteiger partial charge on any atom is 0.336 e. The second kappa shape index (κ2) is 6.94. The minimum absolute atomic E-state index is 0.0992. The summed E-state index contributed by atoms with van der Waals surface area (Å²) >= 11 is 3.14. The van der Waals surface area contributed by atoms with Crippen LogP contribution < -0.4 is 10.6 Å².